The predicted molar refractivity (Wildman–Crippen MR) is 94.9 cm³/mol. The van der Waals surface area contributed by atoms with Gasteiger partial charge in [0.2, 0.25) is 0 Å². The Bertz CT molecular complexity index is 575. The quantitative estimate of drug-likeness (QED) is 0.806. The number of hydrogen-bond acceptors (Lipinski definition) is 3. The maximum atomic E-state index is 8.02. The van der Waals surface area contributed by atoms with Crippen molar-refractivity contribution in [2.24, 2.45) is 4.99 Å². The molecule has 0 radical (unpaired) electrons. The Morgan fingerprint density at radius 1 is 1.14 bits per heavy atom. The monoisotopic (exact) mass is 341 g/mol. The number of likely N-dealkylation sites (tertiary alicyclic amines) is 1. The van der Waals surface area contributed by atoms with Crippen LogP contribution in [0.15, 0.2) is 34.2 Å². The molecule has 1 N–H and O–H groups in total. The Kier molecular flexibility index (Phi) is 5.73. The van der Waals surface area contributed by atoms with Gasteiger partial charge in [-0.25, -0.2) is 4.99 Å². The summed E-state index contributed by atoms with van der Waals surface area (Å²) in [6.07, 6.45) is 5.76. The van der Waals surface area contributed by atoms with Crippen molar-refractivity contribution in [2.75, 3.05) is 13.1 Å². The molecule has 1 aromatic rings. The predicted octanol–water partition coefficient (Wildman–Crippen LogP) is 4.67. The second-order valence-electron chi connectivity index (χ2n) is 4.95. The number of nitrogens with zero attached hydrogens (tertiary/aromatic N) is 2. The third-order valence-corrected chi connectivity index (χ3v) is 4.75. The van der Waals surface area contributed by atoms with Gasteiger partial charge in [-0.05, 0) is 54.8 Å². The number of rotatable bonds is 1. The molecule has 2 aliphatic heterocycles. The van der Waals surface area contributed by atoms with Crippen molar-refractivity contribution in [3.63, 3.8) is 0 Å². The van der Waals surface area contributed by atoms with Gasteiger partial charge < -0.3 is 4.90 Å². The van der Waals surface area contributed by atoms with E-state index in [-0.39, 0.29) is 12.4 Å². The van der Waals surface area contributed by atoms with Crippen LogP contribution in [0, 0.1) is 5.41 Å². The lowest BCUT2D eigenvalue weighted by molar-refractivity contribution is 0.348. The number of benzene rings is 1. The lowest BCUT2D eigenvalue weighted by Gasteiger charge is -2.27. The molecule has 0 saturated carbocycles. The topological polar surface area (TPSA) is 39.5 Å². The molecule has 0 aliphatic carbocycles. The van der Waals surface area contributed by atoms with Crippen LogP contribution in [-0.2, 0) is 0 Å². The van der Waals surface area contributed by atoms with Crippen LogP contribution in [0.2, 0.25) is 5.02 Å². The van der Waals surface area contributed by atoms with Crippen LogP contribution >= 0.6 is 35.8 Å². The highest BCUT2D eigenvalue weighted by Crippen LogP contribution is 2.31. The van der Waals surface area contributed by atoms with Crippen LogP contribution in [-0.4, -0.2) is 29.0 Å². The highest BCUT2D eigenvalue weighted by atomic mass is 35.5. The standard InChI is InChI=1S/C15H16ClN3S.ClH/c16-12-6-4-11(5-7-12)10-13-14(17)18-15(20-13)19-8-2-1-3-9-19;/h4-7,10,17H,1-3,8-9H2;1H/b13-10+,17-14?;. The van der Waals surface area contributed by atoms with E-state index in [9.17, 15) is 0 Å². The van der Waals surface area contributed by atoms with Gasteiger partial charge in [-0.15, -0.1) is 12.4 Å². The van der Waals surface area contributed by atoms with Crippen molar-refractivity contribution in [3.05, 3.63) is 39.8 Å². The molecule has 2 heterocycles. The average Bonchev–Trinajstić information content (AvgIpc) is 2.84. The van der Waals surface area contributed by atoms with Crippen LogP contribution in [0.3, 0.4) is 0 Å². The van der Waals surface area contributed by atoms with Gasteiger partial charge >= 0.3 is 0 Å². The van der Waals surface area contributed by atoms with Crippen molar-refractivity contribution in [2.45, 2.75) is 19.3 Å². The zero-order valence-corrected chi connectivity index (χ0v) is 13.9. The number of thioether (sulfide) groups is 1. The maximum Gasteiger partial charge on any atom is 0.171 e. The summed E-state index contributed by atoms with van der Waals surface area (Å²) in [5, 5.41) is 9.73. The number of nitrogens with one attached hydrogen (secondary N) is 1. The lowest BCUT2D eigenvalue weighted by Crippen LogP contribution is -2.33. The fourth-order valence-corrected chi connectivity index (χ4v) is 3.46. The van der Waals surface area contributed by atoms with Gasteiger partial charge in [0, 0.05) is 18.1 Å². The first kappa shape index (κ1) is 16.4. The van der Waals surface area contributed by atoms with Crippen LogP contribution in [0.4, 0.5) is 0 Å². The van der Waals surface area contributed by atoms with Crippen molar-refractivity contribution >= 4 is 52.8 Å². The second kappa shape index (κ2) is 7.34. The summed E-state index contributed by atoms with van der Waals surface area (Å²) in [7, 11) is 0. The lowest BCUT2D eigenvalue weighted by atomic mass is 10.1. The summed E-state index contributed by atoms with van der Waals surface area (Å²) in [5.74, 6) is 0.366. The molecule has 3 rings (SSSR count). The Hall–Kier alpha value is -0.970. The molecule has 0 unspecified atom stereocenters. The van der Waals surface area contributed by atoms with E-state index < -0.39 is 0 Å². The van der Waals surface area contributed by atoms with Crippen LogP contribution in [0.1, 0.15) is 24.8 Å². The van der Waals surface area contributed by atoms with Gasteiger partial charge in [-0.3, -0.25) is 5.41 Å². The molecule has 112 valence electrons. The fourth-order valence-electron chi connectivity index (χ4n) is 2.35. The molecule has 0 spiro atoms. The first-order valence-corrected chi connectivity index (χ1v) is 7.99. The molecule has 0 amide bonds. The summed E-state index contributed by atoms with van der Waals surface area (Å²) in [5.41, 5.74) is 1.05. The third kappa shape index (κ3) is 4.02. The Morgan fingerprint density at radius 2 is 1.81 bits per heavy atom. The number of piperidine rings is 1. The van der Waals surface area contributed by atoms with E-state index in [0.29, 0.717) is 5.84 Å². The summed E-state index contributed by atoms with van der Waals surface area (Å²) < 4.78 is 0. The molecule has 0 bridgehead atoms. The Morgan fingerprint density at radius 3 is 2.48 bits per heavy atom. The van der Waals surface area contributed by atoms with Crippen molar-refractivity contribution < 1.29 is 0 Å². The summed E-state index contributed by atoms with van der Waals surface area (Å²) in [6.45, 7) is 2.13. The molecule has 6 heteroatoms. The minimum Gasteiger partial charge on any atom is -0.351 e. The average molecular weight is 342 g/mol. The highest BCUT2D eigenvalue weighted by Gasteiger charge is 2.24. The van der Waals surface area contributed by atoms with E-state index in [1.807, 2.05) is 30.3 Å². The minimum absolute atomic E-state index is 0. The van der Waals surface area contributed by atoms with Gasteiger partial charge in [-0.2, -0.15) is 0 Å². The van der Waals surface area contributed by atoms with Crippen molar-refractivity contribution in [1.29, 1.82) is 5.41 Å². The normalized spacial score (nSPS) is 20.4. The molecular weight excluding hydrogens is 325 g/mol. The molecule has 0 aromatic heterocycles. The summed E-state index contributed by atoms with van der Waals surface area (Å²) in [6, 6.07) is 7.65. The maximum absolute atomic E-state index is 8.02. The van der Waals surface area contributed by atoms with Crippen LogP contribution in [0.5, 0.6) is 0 Å². The van der Waals surface area contributed by atoms with Crippen molar-refractivity contribution in [3.8, 4) is 0 Å². The molecule has 1 aromatic carbocycles. The molecule has 21 heavy (non-hydrogen) atoms. The van der Waals surface area contributed by atoms with E-state index in [4.69, 9.17) is 17.0 Å². The van der Waals surface area contributed by atoms with Crippen LogP contribution in [0.25, 0.3) is 6.08 Å². The van der Waals surface area contributed by atoms with Gasteiger partial charge in [-0.1, -0.05) is 23.7 Å². The Balaban J connectivity index is 0.00000161. The van der Waals surface area contributed by atoms with Gasteiger partial charge in [0.15, 0.2) is 11.0 Å². The van der Waals surface area contributed by atoms with E-state index in [2.05, 4.69) is 9.89 Å². The third-order valence-electron chi connectivity index (χ3n) is 3.44. The van der Waals surface area contributed by atoms with E-state index in [1.54, 1.807) is 11.8 Å². The second-order valence-corrected chi connectivity index (χ2v) is 6.40. The van der Waals surface area contributed by atoms with Gasteiger partial charge in [0.25, 0.3) is 0 Å². The largest absolute Gasteiger partial charge is 0.351 e. The summed E-state index contributed by atoms with van der Waals surface area (Å²) >= 11 is 7.49. The fraction of sp³-hybridized carbons (Fsp3) is 0.333. The minimum atomic E-state index is 0. The van der Waals surface area contributed by atoms with Crippen LogP contribution < -0.4 is 0 Å². The van der Waals surface area contributed by atoms with Crippen molar-refractivity contribution in [1.82, 2.24) is 4.90 Å². The molecule has 1 fully saturated rings. The molecule has 2 aliphatic rings. The molecule has 1 saturated heterocycles. The molecule has 0 atom stereocenters. The first-order chi connectivity index (χ1) is 9.72. The highest BCUT2D eigenvalue weighted by molar-refractivity contribution is 8.18. The zero-order chi connectivity index (χ0) is 13.9. The smallest absolute Gasteiger partial charge is 0.171 e. The zero-order valence-electron chi connectivity index (χ0n) is 11.5. The first-order valence-electron chi connectivity index (χ1n) is 6.80. The number of halogens is 2. The number of amidine groups is 2. The number of aliphatic imine (C=N–C) groups is 1. The molecule has 3 nitrogen and oxygen atoms in total. The summed E-state index contributed by atoms with van der Waals surface area (Å²) in [4.78, 5) is 7.61. The molecular formula is C15H17Cl2N3S. The van der Waals surface area contributed by atoms with E-state index in [0.717, 1.165) is 33.7 Å². The van der Waals surface area contributed by atoms with Gasteiger partial charge in [0.1, 0.15) is 0 Å². The number of hydrogen-bond donors (Lipinski definition) is 1. The van der Waals surface area contributed by atoms with E-state index in [1.165, 1.54) is 19.3 Å². The SMILES string of the molecule is Cl.N=C1N=C(N2CCCCC2)S/C1=C/c1ccc(Cl)cc1. The van der Waals surface area contributed by atoms with Gasteiger partial charge in [0.05, 0.1) is 4.91 Å². The van der Waals surface area contributed by atoms with E-state index >= 15 is 0 Å². The Labute approximate surface area is 140 Å².